The number of fused-ring (bicyclic) bond motifs is 1. The van der Waals surface area contributed by atoms with Gasteiger partial charge in [-0.3, -0.25) is 19.4 Å². The summed E-state index contributed by atoms with van der Waals surface area (Å²) in [5.74, 6) is -1.72. The van der Waals surface area contributed by atoms with Crippen molar-refractivity contribution in [2.75, 3.05) is 0 Å². The van der Waals surface area contributed by atoms with Crippen LogP contribution >= 0.6 is 0 Å². The van der Waals surface area contributed by atoms with Gasteiger partial charge in [0.05, 0.1) is 11.8 Å². The normalized spacial score (nSPS) is 11.1. The number of halogens is 2. The maximum absolute atomic E-state index is 13.2. The molecule has 0 aliphatic carbocycles. The molecule has 0 saturated heterocycles. The number of hydrogen-bond donors (Lipinski definition) is 2. The number of nitrogens with one attached hydrogen (secondary N) is 2. The van der Waals surface area contributed by atoms with Crippen molar-refractivity contribution >= 4 is 16.9 Å². The predicted octanol–water partition coefficient (Wildman–Crippen LogP) is 2.02. The molecule has 3 rings (SSSR count). The summed E-state index contributed by atoms with van der Waals surface area (Å²) >= 11 is 0. The first-order valence-corrected chi connectivity index (χ1v) is 8.02. The lowest BCUT2D eigenvalue weighted by Crippen LogP contribution is -2.25. The first-order chi connectivity index (χ1) is 12.3. The molecule has 8 heteroatoms. The van der Waals surface area contributed by atoms with Crippen molar-refractivity contribution in [1.29, 1.82) is 0 Å². The third-order valence-electron chi connectivity index (χ3n) is 4.32. The molecule has 1 amide bonds. The zero-order valence-electron chi connectivity index (χ0n) is 14.6. The Balaban J connectivity index is 1.81. The van der Waals surface area contributed by atoms with E-state index in [1.165, 1.54) is 0 Å². The summed E-state index contributed by atoms with van der Waals surface area (Å²) in [6, 6.07) is 3.10. The molecule has 0 aliphatic rings. The van der Waals surface area contributed by atoms with E-state index >= 15 is 0 Å². The van der Waals surface area contributed by atoms with Gasteiger partial charge in [-0.2, -0.15) is 0 Å². The van der Waals surface area contributed by atoms with Gasteiger partial charge in [0.15, 0.2) is 5.65 Å². The van der Waals surface area contributed by atoms with Crippen LogP contribution in [0.5, 0.6) is 0 Å². The van der Waals surface area contributed by atoms with Gasteiger partial charge in [-0.05, 0) is 42.7 Å². The van der Waals surface area contributed by atoms with E-state index in [0.717, 1.165) is 18.2 Å². The van der Waals surface area contributed by atoms with Crippen molar-refractivity contribution in [3.8, 4) is 0 Å². The molecule has 2 heterocycles. The number of pyridine rings is 1. The Morgan fingerprint density at radius 1 is 1.23 bits per heavy atom. The SMILES string of the molecule is Cc1nc2c(c(C)c1CC(=O)NCc1cc(F)cc(F)c1)c(=O)[nH]n2C. The molecule has 3 aromatic rings. The average molecular weight is 360 g/mol. The summed E-state index contributed by atoms with van der Waals surface area (Å²) in [4.78, 5) is 28.7. The molecule has 2 N–H and O–H groups in total. The highest BCUT2D eigenvalue weighted by molar-refractivity contribution is 5.84. The van der Waals surface area contributed by atoms with Crippen LogP contribution in [-0.2, 0) is 24.8 Å². The van der Waals surface area contributed by atoms with Gasteiger partial charge >= 0.3 is 0 Å². The number of rotatable bonds is 4. The minimum Gasteiger partial charge on any atom is -0.352 e. The fraction of sp³-hybridized carbons (Fsp3) is 0.278. The molecule has 0 fully saturated rings. The minimum atomic E-state index is -0.695. The van der Waals surface area contributed by atoms with E-state index in [9.17, 15) is 18.4 Å². The first-order valence-electron chi connectivity index (χ1n) is 8.02. The van der Waals surface area contributed by atoms with Crippen LogP contribution in [0.25, 0.3) is 11.0 Å². The van der Waals surface area contributed by atoms with Crippen LogP contribution in [0.15, 0.2) is 23.0 Å². The van der Waals surface area contributed by atoms with Gasteiger partial charge in [-0.1, -0.05) is 0 Å². The van der Waals surface area contributed by atoms with Crippen molar-refractivity contribution in [1.82, 2.24) is 20.1 Å². The predicted molar refractivity (Wildman–Crippen MR) is 92.7 cm³/mol. The zero-order chi connectivity index (χ0) is 19.0. The first kappa shape index (κ1) is 17.8. The molecule has 0 atom stereocenters. The van der Waals surface area contributed by atoms with Gasteiger partial charge in [-0.15, -0.1) is 0 Å². The van der Waals surface area contributed by atoms with E-state index in [2.05, 4.69) is 15.4 Å². The second-order valence-corrected chi connectivity index (χ2v) is 6.23. The number of hydrogen-bond acceptors (Lipinski definition) is 3. The summed E-state index contributed by atoms with van der Waals surface area (Å²) in [6.45, 7) is 3.55. The standard InChI is InChI=1S/C18H18F2N4O2/c1-9-14(10(2)22-17-16(9)18(26)23-24(17)3)7-15(25)21-8-11-4-12(19)6-13(20)5-11/h4-6H,7-8H2,1-3H3,(H,21,25)(H,23,26). The van der Waals surface area contributed by atoms with E-state index < -0.39 is 11.6 Å². The fourth-order valence-corrected chi connectivity index (χ4v) is 3.05. The number of nitrogens with zero attached hydrogens (tertiary/aromatic N) is 2. The smallest absolute Gasteiger partial charge is 0.273 e. The number of benzene rings is 1. The lowest BCUT2D eigenvalue weighted by molar-refractivity contribution is -0.120. The summed E-state index contributed by atoms with van der Waals surface area (Å²) in [6.07, 6.45) is 0.0206. The maximum Gasteiger partial charge on any atom is 0.273 e. The largest absolute Gasteiger partial charge is 0.352 e. The molecule has 2 aromatic heterocycles. The van der Waals surface area contributed by atoms with Crippen LogP contribution < -0.4 is 10.9 Å². The molecule has 0 spiro atoms. The third-order valence-corrected chi connectivity index (χ3v) is 4.32. The Hall–Kier alpha value is -3.03. The highest BCUT2D eigenvalue weighted by Crippen LogP contribution is 2.20. The molecule has 0 radical (unpaired) electrons. The van der Waals surface area contributed by atoms with Gasteiger partial charge in [0.2, 0.25) is 5.91 Å². The molecule has 26 heavy (non-hydrogen) atoms. The number of carbonyl (C=O) groups excluding carboxylic acids is 1. The van der Waals surface area contributed by atoms with E-state index in [1.807, 2.05) is 0 Å². The van der Waals surface area contributed by atoms with Crippen LogP contribution in [0, 0.1) is 25.5 Å². The van der Waals surface area contributed by atoms with Gasteiger partial charge < -0.3 is 5.32 Å². The zero-order valence-corrected chi connectivity index (χ0v) is 14.6. The number of carbonyl (C=O) groups is 1. The Kier molecular flexibility index (Phi) is 4.58. The third kappa shape index (κ3) is 3.35. The topological polar surface area (TPSA) is 79.8 Å². The monoisotopic (exact) mass is 360 g/mol. The van der Waals surface area contributed by atoms with Crippen LogP contribution in [0.4, 0.5) is 8.78 Å². The van der Waals surface area contributed by atoms with E-state index in [0.29, 0.717) is 33.4 Å². The van der Waals surface area contributed by atoms with Gasteiger partial charge in [-0.25, -0.2) is 13.8 Å². The van der Waals surface area contributed by atoms with Crippen LogP contribution in [0.3, 0.4) is 0 Å². The maximum atomic E-state index is 13.2. The van der Waals surface area contributed by atoms with Crippen molar-refractivity contribution in [3.63, 3.8) is 0 Å². The van der Waals surface area contributed by atoms with Crippen molar-refractivity contribution < 1.29 is 13.6 Å². The van der Waals surface area contributed by atoms with Crippen LogP contribution in [0.1, 0.15) is 22.4 Å². The molecule has 0 saturated carbocycles. The summed E-state index contributed by atoms with van der Waals surface area (Å²) in [7, 11) is 1.69. The fourth-order valence-electron chi connectivity index (χ4n) is 3.05. The van der Waals surface area contributed by atoms with E-state index in [4.69, 9.17) is 0 Å². The quantitative estimate of drug-likeness (QED) is 0.747. The van der Waals surface area contributed by atoms with Crippen molar-refractivity contribution in [2.45, 2.75) is 26.8 Å². The molecular weight excluding hydrogens is 342 g/mol. The molecule has 0 unspecified atom stereocenters. The lowest BCUT2D eigenvalue weighted by atomic mass is 10.0. The lowest BCUT2D eigenvalue weighted by Gasteiger charge is -2.11. The van der Waals surface area contributed by atoms with Crippen molar-refractivity contribution in [3.05, 3.63) is 62.6 Å². The number of aromatic amines is 1. The molecule has 1 aromatic carbocycles. The second kappa shape index (κ2) is 6.70. The molecular formula is C18H18F2N4O2. The summed E-state index contributed by atoms with van der Waals surface area (Å²) in [5.41, 5.74) is 2.61. The van der Waals surface area contributed by atoms with Gasteiger partial charge in [0, 0.05) is 25.4 Å². The van der Waals surface area contributed by atoms with E-state index in [-0.39, 0.29) is 24.4 Å². The highest BCUT2D eigenvalue weighted by atomic mass is 19.1. The number of aryl methyl sites for hydroxylation is 3. The molecule has 0 aliphatic heterocycles. The summed E-state index contributed by atoms with van der Waals surface area (Å²) in [5, 5.41) is 5.73. The molecule has 0 bridgehead atoms. The summed E-state index contributed by atoms with van der Waals surface area (Å²) < 4.78 is 27.9. The molecule has 6 nitrogen and oxygen atoms in total. The minimum absolute atomic E-state index is 0.00714. The second-order valence-electron chi connectivity index (χ2n) is 6.23. The van der Waals surface area contributed by atoms with Gasteiger partial charge in [0.1, 0.15) is 11.6 Å². The van der Waals surface area contributed by atoms with Crippen LogP contribution in [-0.4, -0.2) is 20.7 Å². The van der Waals surface area contributed by atoms with E-state index in [1.54, 1.807) is 25.6 Å². The number of aromatic nitrogens is 3. The number of amides is 1. The Morgan fingerprint density at radius 2 is 1.88 bits per heavy atom. The Morgan fingerprint density at radius 3 is 2.54 bits per heavy atom. The average Bonchev–Trinajstić information content (AvgIpc) is 2.82. The van der Waals surface area contributed by atoms with Gasteiger partial charge in [0.25, 0.3) is 5.56 Å². The molecule has 136 valence electrons. The Labute approximate surface area is 147 Å². The number of H-pyrrole nitrogens is 1. The highest BCUT2D eigenvalue weighted by Gasteiger charge is 2.17. The van der Waals surface area contributed by atoms with Crippen molar-refractivity contribution in [2.24, 2.45) is 7.05 Å². The Bertz CT molecular complexity index is 1050. The van der Waals surface area contributed by atoms with Crippen LogP contribution in [0.2, 0.25) is 0 Å².